The second-order valence-electron chi connectivity index (χ2n) is 9.40. The zero-order valence-corrected chi connectivity index (χ0v) is 21.6. The molecule has 36 heavy (non-hydrogen) atoms. The van der Waals surface area contributed by atoms with Gasteiger partial charge < -0.3 is 19.7 Å². The zero-order valence-electron chi connectivity index (χ0n) is 21.6. The number of ether oxygens (including phenoxy) is 2. The monoisotopic (exact) mass is 490 g/mol. The highest BCUT2D eigenvalue weighted by molar-refractivity contribution is 5.66. The molecule has 0 aliphatic rings. The van der Waals surface area contributed by atoms with Crippen LogP contribution in [0.5, 0.6) is 11.5 Å². The van der Waals surface area contributed by atoms with Crippen molar-refractivity contribution in [2.24, 2.45) is 5.92 Å². The quantitative estimate of drug-likeness (QED) is 0.276. The number of rotatable bonds is 14. The molecule has 2 atom stereocenters. The minimum absolute atomic E-state index is 0.0173. The summed E-state index contributed by atoms with van der Waals surface area (Å²) < 4.78 is 11.1. The molecular weight excluding hydrogens is 452 g/mol. The molecule has 0 saturated heterocycles. The molecule has 0 aliphatic heterocycles. The van der Waals surface area contributed by atoms with Gasteiger partial charge in [0.05, 0.1) is 20.3 Å². The van der Waals surface area contributed by atoms with E-state index in [1.165, 1.54) is 5.56 Å². The van der Waals surface area contributed by atoms with E-state index >= 15 is 0 Å². The number of carboxylic acids is 1. The first-order chi connectivity index (χ1) is 17.4. The largest absolute Gasteiger partial charge is 0.496 e. The molecule has 2 N–H and O–H groups in total. The van der Waals surface area contributed by atoms with Crippen LogP contribution in [0.2, 0.25) is 0 Å². The molecule has 0 fully saturated rings. The van der Waals surface area contributed by atoms with Crippen LogP contribution in [0.4, 0.5) is 0 Å². The van der Waals surface area contributed by atoms with Crippen molar-refractivity contribution in [1.82, 2.24) is 0 Å². The molecule has 3 aromatic rings. The minimum Gasteiger partial charge on any atom is -0.496 e. The molecule has 0 spiro atoms. The van der Waals surface area contributed by atoms with E-state index in [9.17, 15) is 9.90 Å². The van der Waals surface area contributed by atoms with E-state index in [4.69, 9.17) is 14.6 Å². The molecule has 0 saturated carbocycles. The Morgan fingerprint density at radius 3 is 1.97 bits per heavy atom. The van der Waals surface area contributed by atoms with E-state index in [0.29, 0.717) is 17.9 Å². The Kier molecular flexibility index (Phi) is 10.4. The van der Waals surface area contributed by atoms with Crippen LogP contribution in [0.15, 0.2) is 66.7 Å². The fraction of sp³-hybridized carbons (Fsp3) is 0.387. The highest BCUT2D eigenvalue weighted by Gasteiger charge is 2.24. The Balaban J connectivity index is 1.77. The molecule has 192 valence electrons. The van der Waals surface area contributed by atoms with Gasteiger partial charge in [0.25, 0.3) is 0 Å². The predicted octanol–water partition coefficient (Wildman–Crippen LogP) is 6.33. The van der Waals surface area contributed by atoms with Gasteiger partial charge in [0.15, 0.2) is 0 Å². The first-order valence-electron chi connectivity index (χ1n) is 12.7. The van der Waals surface area contributed by atoms with Gasteiger partial charge >= 0.3 is 5.97 Å². The fourth-order valence-electron chi connectivity index (χ4n) is 4.72. The molecule has 2 unspecified atom stereocenters. The lowest BCUT2D eigenvalue weighted by Crippen LogP contribution is -2.16. The number of aliphatic hydroxyl groups excluding tert-OH is 1. The fourth-order valence-corrected chi connectivity index (χ4v) is 4.72. The van der Waals surface area contributed by atoms with E-state index in [-0.39, 0.29) is 12.3 Å². The third-order valence-electron chi connectivity index (χ3n) is 6.82. The van der Waals surface area contributed by atoms with Gasteiger partial charge in [-0.15, -0.1) is 0 Å². The van der Waals surface area contributed by atoms with Gasteiger partial charge in [-0.05, 0) is 85.8 Å². The molecule has 3 aromatic carbocycles. The molecule has 0 bridgehead atoms. The SMILES string of the molecule is COc1cc(C(O)C(CCCc2ccccc2)Cc2ccc(CCCC(=O)O)cc2)cc(OC)c1C. The summed E-state index contributed by atoms with van der Waals surface area (Å²) in [6, 6.07) is 22.6. The number of carboxylic acid groups (broad SMARTS) is 1. The van der Waals surface area contributed by atoms with Crippen LogP contribution in [-0.2, 0) is 24.1 Å². The van der Waals surface area contributed by atoms with E-state index in [1.807, 2.05) is 25.1 Å². The molecular formula is C31H38O5. The third kappa shape index (κ3) is 7.85. The number of aliphatic carboxylic acids is 1. The third-order valence-corrected chi connectivity index (χ3v) is 6.82. The van der Waals surface area contributed by atoms with E-state index in [0.717, 1.165) is 54.4 Å². The summed E-state index contributed by atoms with van der Waals surface area (Å²) in [6.07, 6.45) is 4.44. The average molecular weight is 491 g/mol. The molecule has 3 rings (SSSR count). The Morgan fingerprint density at radius 2 is 1.39 bits per heavy atom. The number of aliphatic hydroxyl groups is 1. The lowest BCUT2D eigenvalue weighted by Gasteiger charge is -2.25. The molecule has 5 heteroatoms. The van der Waals surface area contributed by atoms with Crippen LogP contribution in [0.3, 0.4) is 0 Å². The second-order valence-corrected chi connectivity index (χ2v) is 9.40. The highest BCUT2D eigenvalue weighted by atomic mass is 16.5. The van der Waals surface area contributed by atoms with Crippen molar-refractivity contribution in [1.29, 1.82) is 0 Å². The minimum atomic E-state index is -0.761. The van der Waals surface area contributed by atoms with Crippen LogP contribution in [0.25, 0.3) is 0 Å². The first-order valence-corrected chi connectivity index (χ1v) is 12.7. The van der Waals surface area contributed by atoms with Crippen molar-refractivity contribution in [3.63, 3.8) is 0 Å². The Morgan fingerprint density at radius 1 is 0.833 bits per heavy atom. The number of hydrogen-bond donors (Lipinski definition) is 2. The number of aryl methyl sites for hydroxylation is 2. The Bertz CT molecular complexity index is 1070. The summed E-state index contributed by atoms with van der Waals surface area (Å²) in [6.45, 7) is 1.95. The topological polar surface area (TPSA) is 76.0 Å². The van der Waals surface area contributed by atoms with E-state index in [2.05, 4.69) is 48.5 Å². The number of benzene rings is 3. The van der Waals surface area contributed by atoms with E-state index in [1.54, 1.807) is 14.2 Å². The molecule has 5 nitrogen and oxygen atoms in total. The van der Waals surface area contributed by atoms with Gasteiger partial charge in [-0.2, -0.15) is 0 Å². The molecule has 0 radical (unpaired) electrons. The van der Waals surface area contributed by atoms with Crippen LogP contribution in [0.1, 0.15) is 59.6 Å². The van der Waals surface area contributed by atoms with Gasteiger partial charge in [0.1, 0.15) is 11.5 Å². The van der Waals surface area contributed by atoms with Crippen LogP contribution < -0.4 is 9.47 Å². The Labute approximate surface area is 214 Å². The summed E-state index contributed by atoms with van der Waals surface area (Å²) in [7, 11) is 3.26. The van der Waals surface area contributed by atoms with Crippen LogP contribution >= 0.6 is 0 Å². The standard InChI is InChI=1S/C31H38O5/c1-22-28(35-2)20-27(21-29(22)36-3)31(34)26(13-7-11-23-9-5-4-6-10-23)19-25-17-15-24(16-18-25)12-8-14-30(32)33/h4-6,9-10,15-18,20-21,26,31,34H,7-8,11-14,19H2,1-3H3,(H,32,33). The number of carbonyl (C=O) groups is 1. The highest BCUT2D eigenvalue weighted by Crippen LogP contribution is 2.36. The number of methoxy groups -OCH3 is 2. The lowest BCUT2D eigenvalue weighted by molar-refractivity contribution is -0.137. The molecule has 0 aliphatic carbocycles. The summed E-state index contributed by atoms with van der Waals surface area (Å²) >= 11 is 0. The normalized spacial score (nSPS) is 12.7. The number of hydrogen-bond acceptors (Lipinski definition) is 4. The van der Waals surface area contributed by atoms with Crippen molar-refractivity contribution >= 4 is 5.97 Å². The average Bonchev–Trinajstić information content (AvgIpc) is 2.89. The smallest absolute Gasteiger partial charge is 0.303 e. The Hall–Kier alpha value is -3.31. The lowest BCUT2D eigenvalue weighted by atomic mass is 9.85. The zero-order chi connectivity index (χ0) is 25.9. The van der Waals surface area contributed by atoms with Crippen molar-refractivity contribution in [3.8, 4) is 11.5 Å². The van der Waals surface area contributed by atoms with Crippen molar-refractivity contribution in [3.05, 3.63) is 94.5 Å². The predicted molar refractivity (Wildman–Crippen MR) is 143 cm³/mol. The van der Waals surface area contributed by atoms with Crippen molar-refractivity contribution in [2.75, 3.05) is 14.2 Å². The molecule has 0 aromatic heterocycles. The van der Waals surface area contributed by atoms with Crippen LogP contribution in [-0.4, -0.2) is 30.4 Å². The van der Waals surface area contributed by atoms with Crippen molar-refractivity contribution in [2.45, 2.75) is 58.0 Å². The van der Waals surface area contributed by atoms with E-state index < -0.39 is 12.1 Å². The molecule has 0 heterocycles. The summed E-state index contributed by atoms with van der Waals surface area (Å²) in [5.41, 5.74) is 5.30. The van der Waals surface area contributed by atoms with Gasteiger partial charge in [0.2, 0.25) is 0 Å². The summed E-state index contributed by atoms with van der Waals surface area (Å²) in [5.74, 6) is 0.668. The maximum atomic E-state index is 11.5. The van der Waals surface area contributed by atoms with Gasteiger partial charge in [-0.25, -0.2) is 0 Å². The van der Waals surface area contributed by atoms with Gasteiger partial charge in [0, 0.05) is 12.0 Å². The molecule has 0 amide bonds. The van der Waals surface area contributed by atoms with Gasteiger partial charge in [-0.3, -0.25) is 4.79 Å². The summed E-state index contributed by atoms with van der Waals surface area (Å²) in [4.78, 5) is 10.8. The van der Waals surface area contributed by atoms with Crippen LogP contribution in [0, 0.1) is 12.8 Å². The maximum Gasteiger partial charge on any atom is 0.303 e. The van der Waals surface area contributed by atoms with Crippen molar-refractivity contribution < 1.29 is 24.5 Å². The maximum absolute atomic E-state index is 11.5. The second kappa shape index (κ2) is 13.7. The summed E-state index contributed by atoms with van der Waals surface area (Å²) in [5, 5.41) is 20.4. The van der Waals surface area contributed by atoms with Gasteiger partial charge in [-0.1, -0.05) is 54.6 Å². The first kappa shape index (κ1) is 27.3.